The zero-order chi connectivity index (χ0) is 17.1. The molecule has 0 bridgehead atoms. The molecule has 3 rings (SSSR count). The van der Waals surface area contributed by atoms with Crippen LogP contribution in [0.3, 0.4) is 0 Å². The summed E-state index contributed by atoms with van der Waals surface area (Å²) in [5, 5.41) is 0. The number of rotatable bonds is 5. The first-order valence-corrected chi connectivity index (χ1v) is 10.0. The fourth-order valence-corrected chi connectivity index (χ4v) is 4.18. The second kappa shape index (κ2) is 7.98. The van der Waals surface area contributed by atoms with Crippen LogP contribution in [0.2, 0.25) is 0 Å². The number of likely N-dealkylation sites (N-methyl/N-ethyl adjacent to an activating group) is 1. The van der Waals surface area contributed by atoms with E-state index in [0.717, 1.165) is 29.6 Å². The summed E-state index contributed by atoms with van der Waals surface area (Å²) in [5.41, 5.74) is 2.36. The molecule has 0 aliphatic carbocycles. The fraction of sp³-hybridized carbons (Fsp3) is 0.632. The summed E-state index contributed by atoms with van der Waals surface area (Å²) < 4.78 is 3.54. The largest absolute Gasteiger partial charge is 0.327 e. The molecular weight excluding hydrogens is 364 g/mol. The van der Waals surface area contributed by atoms with E-state index in [9.17, 15) is 0 Å². The summed E-state index contributed by atoms with van der Waals surface area (Å²) >= 11 is 3.61. The third-order valence-electron chi connectivity index (χ3n) is 5.11. The van der Waals surface area contributed by atoms with Crippen molar-refractivity contribution in [1.82, 2.24) is 19.4 Å². The van der Waals surface area contributed by atoms with Crippen LogP contribution in [-0.2, 0) is 6.54 Å². The highest BCUT2D eigenvalue weighted by Crippen LogP contribution is 2.30. The number of aromatic nitrogens is 2. The van der Waals surface area contributed by atoms with Crippen molar-refractivity contribution in [2.45, 2.75) is 45.7 Å². The molecule has 132 valence electrons. The van der Waals surface area contributed by atoms with Gasteiger partial charge in [0.1, 0.15) is 5.82 Å². The third kappa shape index (κ3) is 3.68. The molecule has 1 saturated heterocycles. The molecule has 4 nitrogen and oxygen atoms in total. The Labute approximate surface area is 154 Å². The Morgan fingerprint density at radius 3 is 2.75 bits per heavy atom. The average molecular weight is 393 g/mol. The van der Waals surface area contributed by atoms with E-state index in [1.807, 2.05) is 0 Å². The number of hydrogen-bond acceptors (Lipinski definition) is 3. The molecule has 0 saturated carbocycles. The zero-order valence-corrected chi connectivity index (χ0v) is 16.7. The van der Waals surface area contributed by atoms with Crippen molar-refractivity contribution in [3.8, 4) is 0 Å². The lowest BCUT2D eigenvalue weighted by Gasteiger charge is -2.30. The van der Waals surface area contributed by atoms with Crippen LogP contribution in [0.25, 0.3) is 11.0 Å². The highest BCUT2D eigenvalue weighted by atomic mass is 79.9. The molecule has 0 amide bonds. The van der Waals surface area contributed by atoms with E-state index in [1.165, 1.54) is 43.7 Å². The van der Waals surface area contributed by atoms with Gasteiger partial charge in [-0.2, -0.15) is 0 Å². The second-order valence-corrected chi connectivity index (χ2v) is 7.76. The van der Waals surface area contributed by atoms with E-state index in [1.54, 1.807) is 0 Å². The van der Waals surface area contributed by atoms with Crippen molar-refractivity contribution in [2.75, 3.05) is 33.2 Å². The number of fused-ring (bicyclic) bond motifs is 1. The van der Waals surface area contributed by atoms with Crippen molar-refractivity contribution in [2.24, 2.45) is 0 Å². The number of benzene rings is 1. The van der Waals surface area contributed by atoms with Gasteiger partial charge in [0.15, 0.2) is 0 Å². The van der Waals surface area contributed by atoms with E-state index < -0.39 is 0 Å². The van der Waals surface area contributed by atoms with E-state index in [-0.39, 0.29) is 0 Å². The molecule has 1 atom stereocenters. The Morgan fingerprint density at radius 1 is 1.17 bits per heavy atom. The van der Waals surface area contributed by atoms with Crippen molar-refractivity contribution in [3.05, 3.63) is 28.5 Å². The van der Waals surface area contributed by atoms with Gasteiger partial charge in [-0.25, -0.2) is 4.98 Å². The molecule has 0 N–H and O–H groups in total. The molecule has 2 aromatic rings. The van der Waals surface area contributed by atoms with Crippen LogP contribution in [0.15, 0.2) is 22.7 Å². The second-order valence-electron chi connectivity index (χ2n) is 6.84. The van der Waals surface area contributed by atoms with Crippen molar-refractivity contribution in [3.63, 3.8) is 0 Å². The van der Waals surface area contributed by atoms with E-state index >= 15 is 0 Å². The molecular formula is C19H29BrN4. The first kappa shape index (κ1) is 17.9. The highest BCUT2D eigenvalue weighted by molar-refractivity contribution is 9.10. The van der Waals surface area contributed by atoms with Gasteiger partial charge in [0.05, 0.1) is 17.1 Å². The standard InChI is InChI=1S/C19H29BrN4/c1-4-7-17(23-11-6-10-22(3)12-13-23)19-21-16-9-8-15(20)14-18(16)24(19)5-2/h8-9,14,17H,4-7,10-13H2,1-3H3. The molecule has 1 fully saturated rings. The molecule has 2 heterocycles. The Bertz CT molecular complexity index is 681. The Kier molecular flexibility index (Phi) is 5.95. The quantitative estimate of drug-likeness (QED) is 0.757. The minimum Gasteiger partial charge on any atom is -0.327 e. The molecule has 1 aliphatic rings. The van der Waals surface area contributed by atoms with Crippen LogP contribution in [0.5, 0.6) is 0 Å². The summed E-state index contributed by atoms with van der Waals surface area (Å²) in [6.07, 6.45) is 3.61. The zero-order valence-electron chi connectivity index (χ0n) is 15.1. The van der Waals surface area contributed by atoms with E-state index in [0.29, 0.717) is 6.04 Å². The number of imidazole rings is 1. The third-order valence-corrected chi connectivity index (χ3v) is 5.60. The van der Waals surface area contributed by atoms with Crippen LogP contribution in [-0.4, -0.2) is 52.6 Å². The van der Waals surface area contributed by atoms with Crippen LogP contribution in [0, 0.1) is 0 Å². The molecule has 24 heavy (non-hydrogen) atoms. The molecule has 0 spiro atoms. The molecule has 1 aliphatic heterocycles. The number of aryl methyl sites for hydroxylation is 1. The summed E-state index contributed by atoms with van der Waals surface area (Å²) in [4.78, 5) is 10.2. The van der Waals surface area contributed by atoms with Gasteiger partial charge in [0, 0.05) is 30.7 Å². The molecule has 1 aromatic heterocycles. The van der Waals surface area contributed by atoms with Gasteiger partial charge in [0.2, 0.25) is 0 Å². The predicted molar refractivity (Wildman–Crippen MR) is 104 cm³/mol. The lowest BCUT2D eigenvalue weighted by molar-refractivity contribution is 0.182. The first-order chi connectivity index (χ1) is 11.6. The van der Waals surface area contributed by atoms with Crippen LogP contribution in [0.1, 0.15) is 45.0 Å². The smallest absolute Gasteiger partial charge is 0.127 e. The van der Waals surface area contributed by atoms with Gasteiger partial charge >= 0.3 is 0 Å². The number of hydrogen-bond donors (Lipinski definition) is 0. The van der Waals surface area contributed by atoms with Crippen LogP contribution < -0.4 is 0 Å². The van der Waals surface area contributed by atoms with Gasteiger partial charge in [-0.1, -0.05) is 29.3 Å². The summed E-state index contributed by atoms with van der Waals surface area (Å²) in [6, 6.07) is 6.85. The Balaban J connectivity index is 2.00. The minimum absolute atomic E-state index is 0.424. The number of nitrogens with zero attached hydrogens (tertiary/aromatic N) is 4. The Morgan fingerprint density at radius 2 is 2.00 bits per heavy atom. The molecule has 0 radical (unpaired) electrons. The Hall–Kier alpha value is -0.910. The lowest BCUT2D eigenvalue weighted by Crippen LogP contribution is -2.34. The van der Waals surface area contributed by atoms with Crippen LogP contribution >= 0.6 is 15.9 Å². The van der Waals surface area contributed by atoms with Gasteiger partial charge < -0.3 is 9.47 Å². The monoisotopic (exact) mass is 392 g/mol. The normalized spacial score (nSPS) is 18.8. The maximum atomic E-state index is 5.06. The molecule has 1 unspecified atom stereocenters. The average Bonchev–Trinajstić information content (AvgIpc) is 2.78. The van der Waals surface area contributed by atoms with Crippen LogP contribution in [0.4, 0.5) is 0 Å². The highest BCUT2D eigenvalue weighted by Gasteiger charge is 2.26. The first-order valence-electron chi connectivity index (χ1n) is 9.22. The predicted octanol–water partition coefficient (Wildman–Crippen LogP) is 4.30. The maximum absolute atomic E-state index is 5.06. The summed E-state index contributed by atoms with van der Waals surface area (Å²) in [7, 11) is 2.23. The topological polar surface area (TPSA) is 24.3 Å². The van der Waals surface area contributed by atoms with Crippen molar-refractivity contribution >= 4 is 27.0 Å². The molecule has 1 aromatic carbocycles. The van der Waals surface area contributed by atoms with Crippen molar-refractivity contribution in [1.29, 1.82) is 0 Å². The maximum Gasteiger partial charge on any atom is 0.127 e. The fourth-order valence-electron chi connectivity index (χ4n) is 3.83. The van der Waals surface area contributed by atoms with Gasteiger partial charge in [-0.3, -0.25) is 4.90 Å². The SMILES string of the molecule is CCCC(c1nc2ccc(Br)cc2n1CC)N1CCCN(C)CC1. The van der Waals surface area contributed by atoms with E-state index in [2.05, 4.69) is 69.4 Å². The summed E-state index contributed by atoms with van der Waals surface area (Å²) in [6.45, 7) is 10.1. The van der Waals surface area contributed by atoms with Gasteiger partial charge in [-0.15, -0.1) is 0 Å². The van der Waals surface area contributed by atoms with Gasteiger partial charge in [-0.05, 0) is 51.6 Å². The number of halogens is 1. The minimum atomic E-state index is 0.424. The van der Waals surface area contributed by atoms with Crippen molar-refractivity contribution < 1.29 is 0 Å². The lowest BCUT2D eigenvalue weighted by atomic mass is 10.1. The molecule has 5 heteroatoms. The summed E-state index contributed by atoms with van der Waals surface area (Å²) in [5.74, 6) is 1.25. The van der Waals surface area contributed by atoms with E-state index in [4.69, 9.17) is 4.98 Å². The van der Waals surface area contributed by atoms with Gasteiger partial charge in [0.25, 0.3) is 0 Å².